The maximum Gasteiger partial charge on any atom is 0.252 e. The number of H-pyrrole nitrogens is 1. The molecule has 0 unspecified atom stereocenters. The van der Waals surface area contributed by atoms with E-state index >= 15 is 0 Å². The van der Waals surface area contributed by atoms with Crippen LogP contribution in [0.5, 0.6) is 0 Å². The van der Waals surface area contributed by atoms with Gasteiger partial charge in [-0.1, -0.05) is 6.42 Å². The second-order valence-corrected chi connectivity index (χ2v) is 7.75. The molecule has 2 heterocycles. The predicted molar refractivity (Wildman–Crippen MR) is 91.8 cm³/mol. The average molecular weight is 333 g/mol. The number of aromatic nitrogens is 2. The van der Waals surface area contributed by atoms with E-state index in [1.807, 2.05) is 12.3 Å². The van der Waals surface area contributed by atoms with Crippen LogP contribution in [0.2, 0.25) is 0 Å². The van der Waals surface area contributed by atoms with Crippen molar-refractivity contribution in [2.75, 3.05) is 5.32 Å². The number of hydrogen-bond acceptors (Lipinski definition) is 3. The molecule has 5 nitrogen and oxygen atoms in total. The van der Waals surface area contributed by atoms with Crippen LogP contribution in [-0.2, 0) is 0 Å². The summed E-state index contributed by atoms with van der Waals surface area (Å²) in [5, 5.41) is 4.53. The van der Waals surface area contributed by atoms with Crippen LogP contribution in [0.3, 0.4) is 0 Å². The van der Waals surface area contributed by atoms with Gasteiger partial charge in [0.2, 0.25) is 0 Å². The molecule has 0 aliphatic heterocycles. The maximum absolute atomic E-state index is 11.8. The molecule has 6 heteroatoms. The number of alkyl halides is 1. The highest BCUT2D eigenvalue weighted by atomic mass is 35.5. The number of fused-ring (bicyclic) bond motifs is 3. The van der Waals surface area contributed by atoms with Gasteiger partial charge in [0.1, 0.15) is 5.65 Å². The van der Waals surface area contributed by atoms with E-state index < -0.39 is 5.91 Å². The van der Waals surface area contributed by atoms with Gasteiger partial charge in [0.05, 0.1) is 11.3 Å². The first-order chi connectivity index (χ1) is 11.1. The number of halogens is 1. The van der Waals surface area contributed by atoms with Crippen LogP contribution in [-0.4, -0.2) is 26.8 Å². The van der Waals surface area contributed by atoms with Gasteiger partial charge in [-0.05, 0) is 44.1 Å². The third-order valence-corrected chi connectivity index (χ3v) is 6.01. The van der Waals surface area contributed by atoms with Crippen molar-refractivity contribution in [2.45, 2.75) is 49.4 Å². The number of rotatable bonds is 3. The van der Waals surface area contributed by atoms with Crippen molar-refractivity contribution in [1.29, 1.82) is 0 Å². The Bertz CT molecular complexity index is 758. The van der Waals surface area contributed by atoms with E-state index in [0.717, 1.165) is 42.4 Å². The number of nitrogens with zero attached hydrogens (tertiary/aromatic N) is 1. The molecular formula is C17H21ClN4O. The summed E-state index contributed by atoms with van der Waals surface area (Å²) >= 11 is 6.72. The van der Waals surface area contributed by atoms with E-state index in [-0.39, 0.29) is 4.87 Å². The van der Waals surface area contributed by atoms with E-state index in [1.165, 1.54) is 12.8 Å². The van der Waals surface area contributed by atoms with Gasteiger partial charge < -0.3 is 16.0 Å². The van der Waals surface area contributed by atoms with Crippen LogP contribution < -0.4 is 11.1 Å². The second kappa shape index (κ2) is 5.41. The first kappa shape index (κ1) is 14.8. The van der Waals surface area contributed by atoms with Crippen molar-refractivity contribution in [3.8, 4) is 0 Å². The van der Waals surface area contributed by atoms with Crippen molar-refractivity contribution in [3.63, 3.8) is 0 Å². The summed E-state index contributed by atoms with van der Waals surface area (Å²) in [4.78, 5) is 19.2. The minimum atomic E-state index is -0.450. The van der Waals surface area contributed by atoms with Gasteiger partial charge in [-0.2, -0.15) is 0 Å². The predicted octanol–water partition coefficient (Wildman–Crippen LogP) is 3.40. The minimum Gasteiger partial charge on any atom is -0.381 e. The maximum atomic E-state index is 11.8. The zero-order valence-corrected chi connectivity index (χ0v) is 13.7. The zero-order valence-electron chi connectivity index (χ0n) is 12.9. The van der Waals surface area contributed by atoms with Gasteiger partial charge in [-0.25, -0.2) is 4.98 Å². The number of hydrogen-bond donors (Lipinski definition) is 3. The largest absolute Gasteiger partial charge is 0.381 e. The molecule has 3 atom stereocenters. The fourth-order valence-electron chi connectivity index (χ4n) is 4.30. The van der Waals surface area contributed by atoms with Gasteiger partial charge in [-0.3, -0.25) is 4.79 Å². The molecule has 0 spiro atoms. The molecule has 2 saturated carbocycles. The lowest BCUT2D eigenvalue weighted by Gasteiger charge is -2.45. The Labute approximate surface area is 140 Å². The average Bonchev–Trinajstić information content (AvgIpc) is 2.99. The van der Waals surface area contributed by atoms with Gasteiger partial charge in [-0.15, -0.1) is 11.6 Å². The summed E-state index contributed by atoms with van der Waals surface area (Å²) in [7, 11) is 0. The van der Waals surface area contributed by atoms with Gasteiger partial charge >= 0.3 is 0 Å². The molecule has 122 valence electrons. The van der Waals surface area contributed by atoms with Crippen molar-refractivity contribution in [2.24, 2.45) is 11.7 Å². The molecule has 2 aliphatic carbocycles. The van der Waals surface area contributed by atoms with Gasteiger partial charge in [0.15, 0.2) is 0 Å². The highest BCUT2D eigenvalue weighted by Gasteiger charge is 2.42. The Balaban J connectivity index is 1.68. The molecule has 23 heavy (non-hydrogen) atoms. The molecular weight excluding hydrogens is 312 g/mol. The summed E-state index contributed by atoms with van der Waals surface area (Å²) < 4.78 is 0. The number of anilines is 1. The Kier molecular flexibility index (Phi) is 3.48. The Hall–Kier alpha value is -1.75. The Morgan fingerprint density at radius 1 is 1.43 bits per heavy atom. The summed E-state index contributed by atoms with van der Waals surface area (Å²) in [6.07, 6.45) is 10.00. The van der Waals surface area contributed by atoms with Crippen LogP contribution in [0.4, 0.5) is 5.69 Å². The van der Waals surface area contributed by atoms with Crippen molar-refractivity contribution < 1.29 is 4.79 Å². The molecule has 4 rings (SSSR count). The number of carbonyl (C=O) groups is 1. The normalized spacial score (nSPS) is 30.3. The van der Waals surface area contributed by atoms with Crippen molar-refractivity contribution >= 4 is 34.2 Å². The molecule has 1 amide bonds. The smallest absolute Gasteiger partial charge is 0.252 e. The Morgan fingerprint density at radius 2 is 2.30 bits per heavy atom. The summed E-state index contributed by atoms with van der Waals surface area (Å²) in [5.74, 6) is 0.104. The number of amides is 1. The molecule has 4 N–H and O–H groups in total. The number of primary amides is 1. The fraction of sp³-hybridized carbons (Fsp3) is 0.529. The summed E-state index contributed by atoms with van der Waals surface area (Å²) in [6.45, 7) is 0. The van der Waals surface area contributed by atoms with Crippen LogP contribution in [0.25, 0.3) is 11.0 Å². The molecule has 2 fully saturated rings. The molecule has 2 aromatic heterocycles. The fourth-order valence-corrected chi connectivity index (χ4v) is 4.74. The van der Waals surface area contributed by atoms with E-state index in [0.29, 0.717) is 17.5 Å². The molecule has 0 radical (unpaired) electrons. The van der Waals surface area contributed by atoms with Gasteiger partial charge in [0.25, 0.3) is 5.91 Å². The van der Waals surface area contributed by atoms with Crippen LogP contribution >= 0.6 is 11.6 Å². The first-order valence-corrected chi connectivity index (χ1v) is 8.65. The number of pyridine rings is 1. The van der Waals surface area contributed by atoms with E-state index in [1.54, 1.807) is 6.20 Å². The molecule has 2 aromatic rings. The number of carbonyl (C=O) groups excluding carboxylic acids is 1. The summed E-state index contributed by atoms with van der Waals surface area (Å²) in [5.41, 5.74) is 7.58. The van der Waals surface area contributed by atoms with Crippen LogP contribution in [0, 0.1) is 5.92 Å². The van der Waals surface area contributed by atoms with Crippen LogP contribution in [0.1, 0.15) is 48.9 Å². The SMILES string of the molecule is NC(=O)c1cnc2[nH]ccc2c1N[C@H]1CC[C@]2(Cl)CCC[C@H]1C2. The third-order valence-electron chi connectivity index (χ3n) is 5.48. The second-order valence-electron chi connectivity index (χ2n) is 6.95. The van der Waals surface area contributed by atoms with E-state index in [9.17, 15) is 4.79 Å². The zero-order chi connectivity index (χ0) is 16.0. The highest BCUT2D eigenvalue weighted by Crippen LogP contribution is 2.48. The third kappa shape index (κ3) is 2.57. The quantitative estimate of drug-likeness (QED) is 0.753. The lowest BCUT2D eigenvalue weighted by molar-refractivity contribution is 0.100. The number of aromatic amines is 1. The van der Waals surface area contributed by atoms with Gasteiger partial charge in [0, 0.05) is 28.7 Å². The molecule has 0 aromatic carbocycles. The monoisotopic (exact) mass is 332 g/mol. The highest BCUT2D eigenvalue weighted by molar-refractivity contribution is 6.24. The summed E-state index contributed by atoms with van der Waals surface area (Å²) in [6, 6.07) is 2.27. The van der Waals surface area contributed by atoms with E-state index in [4.69, 9.17) is 17.3 Å². The lowest BCUT2D eigenvalue weighted by atomic mass is 9.69. The number of nitrogens with two attached hydrogens (primary N) is 1. The minimum absolute atomic E-state index is 0.00470. The molecule has 0 saturated heterocycles. The van der Waals surface area contributed by atoms with E-state index in [2.05, 4.69) is 15.3 Å². The van der Waals surface area contributed by atoms with Crippen molar-refractivity contribution in [3.05, 3.63) is 24.0 Å². The number of nitrogens with one attached hydrogen (secondary N) is 2. The van der Waals surface area contributed by atoms with Crippen LogP contribution in [0.15, 0.2) is 18.5 Å². The Morgan fingerprint density at radius 3 is 3.13 bits per heavy atom. The lowest BCUT2D eigenvalue weighted by Crippen LogP contribution is -2.44. The first-order valence-electron chi connectivity index (χ1n) is 8.27. The van der Waals surface area contributed by atoms with Crippen molar-refractivity contribution in [1.82, 2.24) is 9.97 Å². The molecule has 2 aliphatic rings. The topological polar surface area (TPSA) is 83.8 Å². The molecule has 2 bridgehead atoms. The standard InChI is InChI=1S/C17H21ClN4O/c18-17-5-1-2-10(8-17)13(3-6-17)22-14-11-4-7-20-16(11)21-9-12(14)15(19)23/h4,7,9-10,13H,1-3,5-6,8H2,(H2,19,23)(H2,20,21,22)/t10-,13-,17+/m0/s1.